The molecule has 2 aromatic carbocycles. The highest BCUT2D eigenvalue weighted by molar-refractivity contribution is 6.30. The maximum absolute atomic E-state index is 12.4. The van der Waals surface area contributed by atoms with E-state index in [1.807, 2.05) is 54.3 Å². The van der Waals surface area contributed by atoms with Gasteiger partial charge < -0.3 is 9.47 Å². The minimum absolute atomic E-state index is 0.0575. The average Bonchev–Trinajstić information content (AvgIpc) is 3.28. The molecule has 1 aliphatic heterocycles. The van der Waals surface area contributed by atoms with Crippen LogP contribution in [0.2, 0.25) is 5.02 Å². The molecule has 0 bridgehead atoms. The first kappa shape index (κ1) is 17.1. The van der Waals surface area contributed by atoms with E-state index in [0.29, 0.717) is 6.42 Å². The van der Waals surface area contributed by atoms with Gasteiger partial charge in [0, 0.05) is 24.5 Å². The van der Waals surface area contributed by atoms with Gasteiger partial charge >= 0.3 is 0 Å². The molecule has 134 valence electrons. The average molecular weight is 368 g/mol. The number of carbonyl (C=O) groups excluding carboxylic acids is 1. The zero-order valence-corrected chi connectivity index (χ0v) is 15.6. The highest BCUT2D eigenvalue weighted by atomic mass is 35.5. The lowest BCUT2D eigenvalue weighted by atomic mass is 10.1. The van der Waals surface area contributed by atoms with E-state index >= 15 is 0 Å². The Bertz CT molecular complexity index is 932. The molecule has 0 N–H and O–H groups in total. The SMILES string of the molecule is CCC(=O)N1CCCC1c1nc2ccccc2n1Cc1ccc(Cl)cc1. The molecule has 2 heterocycles. The highest BCUT2D eigenvalue weighted by Gasteiger charge is 2.32. The summed E-state index contributed by atoms with van der Waals surface area (Å²) in [5.41, 5.74) is 3.26. The first-order valence-electron chi connectivity index (χ1n) is 9.16. The van der Waals surface area contributed by atoms with Crippen LogP contribution in [0.3, 0.4) is 0 Å². The van der Waals surface area contributed by atoms with Crippen molar-refractivity contribution in [3.8, 4) is 0 Å². The molecule has 3 aromatic rings. The maximum atomic E-state index is 12.4. The summed E-state index contributed by atoms with van der Waals surface area (Å²) in [6.45, 7) is 3.47. The summed E-state index contributed by atoms with van der Waals surface area (Å²) >= 11 is 6.03. The van der Waals surface area contributed by atoms with E-state index in [9.17, 15) is 4.79 Å². The number of para-hydroxylation sites is 2. The van der Waals surface area contributed by atoms with Gasteiger partial charge in [-0.2, -0.15) is 0 Å². The molecule has 1 saturated heterocycles. The smallest absolute Gasteiger partial charge is 0.222 e. The molecular weight excluding hydrogens is 346 g/mol. The second-order valence-corrected chi connectivity index (χ2v) is 7.21. The van der Waals surface area contributed by atoms with Crippen molar-refractivity contribution in [2.45, 2.75) is 38.8 Å². The standard InChI is InChI=1S/C21H22ClN3O/c1-2-20(26)24-13-5-8-19(24)21-23-17-6-3-4-7-18(17)25(21)14-15-9-11-16(22)12-10-15/h3-4,6-7,9-12,19H,2,5,8,13-14H2,1H3. The minimum Gasteiger partial charge on any atom is -0.333 e. The van der Waals surface area contributed by atoms with Crippen molar-refractivity contribution in [3.63, 3.8) is 0 Å². The number of amides is 1. The van der Waals surface area contributed by atoms with E-state index in [-0.39, 0.29) is 11.9 Å². The lowest BCUT2D eigenvalue weighted by Crippen LogP contribution is -2.31. The molecule has 1 amide bonds. The van der Waals surface area contributed by atoms with Crippen LogP contribution >= 0.6 is 11.6 Å². The van der Waals surface area contributed by atoms with Gasteiger partial charge in [-0.1, -0.05) is 42.8 Å². The Morgan fingerprint density at radius 3 is 2.73 bits per heavy atom. The molecule has 5 heteroatoms. The molecule has 1 unspecified atom stereocenters. The number of imidazole rings is 1. The van der Waals surface area contributed by atoms with Crippen molar-refractivity contribution >= 4 is 28.5 Å². The third kappa shape index (κ3) is 3.10. The Morgan fingerprint density at radius 2 is 1.96 bits per heavy atom. The Hall–Kier alpha value is -2.33. The number of likely N-dealkylation sites (tertiary alicyclic amines) is 1. The normalized spacial score (nSPS) is 17.2. The quantitative estimate of drug-likeness (QED) is 0.663. The van der Waals surface area contributed by atoms with Crippen molar-refractivity contribution in [3.05, 3.63) is 64.9 Å². The fourth-order valence-electron chi connectivity index (χ4n) is 3.82. The highest BCUT2D eigenvalue weighted by Crippen LogP contribution is 2.34. The van der Waals surface area contributed by atoms with Crippen LogP contribution in [0.1, 0.15) is 43.6 Å². The largest absolute Gasteiger partial charge is 0.333 e. The number of nitrogens with zero attached hydrogens (tertiary/aromatic N) is 3. The molecule has 0 saturated carbocycles. The van der Waals surface area contributed by atoms with Crippen molar-refractivity contribution in [2.75, 3.05) is 6.54 Å². The first-order chi connectivity index (χ1) is 12.7. The van der Waals surface area contributed by atoms with Crippen LogP contribution in [0.15, 0.2) is 48.5 Å². The monoisotopic (exact) mass is 367 g/mol. The van der Waals surface area contributed by atoms with Crippen LogP contribution in [0, 0.1) is 0 Å². The predicted molar refractivity (Wildman–Crippen MR) is 104 cm³/mol. The summed E-state index contributed by atoms with van der Waals surface area (Å²) in [6.07, 6.45) is 2.53. The number of halogens is 1. The lowest BCUT2D eigenvalue weighted by Gasteiger charge is -2.25. The van der Waals surface area contributed by atoms with Gasteiger partial charge in [0.25, 0.3) is 0 Å². The zero-order chi connectivity index (χ0) is 18.1. The fourth-order valence-corrected chi connectivity index (χ4v) is 3.95. The number of benzene rings is 2. The summed E-state index contributed by atoms with van der Waals surface area (Å²) in [6, 6.07) is 16.2. The van der Waals surface area contributed by atoms with E-state index in [2.05, 4.69) is 10.6 Å². The molecule has 0 aliphatic carbocycles. The van der Waals surface area contributed by atoms with Crippen LogP contribution in [0.4, 0.5) is 0 Å². The van der Waals surface area contributed by atoms with E-state index in [1.54, 1.807) is 0 Å². The van der Waals surface area contributed by atoms with Crippen LogP contribution in [0.5, 0.6) is 0 Å². The predicted octanol–water partition coefficient (Wildman–Crippen LogP) is 4.81. The molecule has 1 fully saturated rings. The number of carbonyl (C=O) groups is 1. The minimum atomic E-state index is 0.0575. The molecule has 4 rings (SSSR count). The number of hydrogen-bond donors (Lipinski definition) is 0. The van der Waals surface area contributed by atoms with Crippen LogP contribution in [-0.2, 0) is 11.3 Å². The van der Waals surface area contributed by atoms with Crippen molar-refractivity contribution in [1.82, 2.24) is 14.5 Å². The topological polar surface area (TPSA) is 38.1 Å². The molecule has 0 spiro atoms. The molecule has 1 aliphatic rings. The summed E-state index contributed by atoms with van der Waals surface area (Å²) in [4.78, 5) is 19.3. The van der Waals surface area contributed by atoms with Gasteiger partial charge in [0.1, 0.15) is 5.82 Å². The third-order valence-electron chi connectivity index (χ3n) is 5.11. The first-order valence-corrected chi connectivity index (χ1v) is 9.54. The fraction of sp³-hybridized carbons (Fsp3) is 0.333. The van der Waals surface area contributed by atoms with Crippen LogP contribution in [-0.4, -0.2) is 26.9 Å². The van der Waals surface area contributed by atoms with Crippen molar-refractivity contribution in [1.29, 1.82) is 0 Å². The van der Waals surface area contributed by atoms with E-state index in [0.717, 1.165) is 47.8 Å². The van der Waals surface area contributed by atoms with Crippen LogP contribution < -0.4 is 0 Å². The zero-order valence-electron chi connectivity index (χ0n) is 14.9. The summed E-state index contributed by atoms with van der Waals surface area (Å²) in [7, 11) is 0. The molecule has 4 nitrogen and oxygen atoms in total. The molecule has 1 aromatic heterocycles. The number of hydrogen-bond acceptors (Lipinski definition) is 2. The Morgan fingerprint density at radius 1 is 1.19 bits per heavy atom. The summed E-state index contributed by atoms with van der Waals surface area (Å²) in [5.74, 6) is 1.19. The van der Waals surface area contributed by atoms with Gasteiger partial charge in [0.2, 0.25) is 5.91 Å². The number of aromatic nitrogens is 2. The third-order valence-corrected chi connectivity index (χ3v) is 5.36. The number of fused-ring (bicyclic) bond motifs is 1. The second-order valence-electron chi connectivity index (χ2n) is 6.77. The van der Waals surface area contributed by atoms with Gasteiger partial charge in [-0.25, -0.2) is 4.98 Å². The van der Waals surface area contributed by atoms with Gasteiger partial charge in [-0.3, -0.25) is 4.79 Å². The van der Waals surface area contributed by atoms with Gasteiger partial charge in [0.15, 0.2) is 0 Å². The van der Waals surface area contributed by atoms with E-state index < -0.39 is 0 Å². The summed E-state index contributed by atoms with van der Waals surface area (Å²) in [5, 5.41) is 0.736. The van der Waals surface area contributed by atoms with E-state index in [4.69, 9.17) is 16.6 Å². The molecule has 1 atom stereocenters. The maximum Gasteiger partial charge on any atom is 0.222 e. The van der Waals surface area contributed by atoms with E-state index in [1.165, 1.54) is 5.56 Å². The number of rotatable bonds is 4. The Kier molecular flexibility index (Phi) is 4.68. The van der Waals surface area contributed by atoms with Crippen molar-refractivity contribution < 1.29 is 4.79 Å². The van der Waals surface area contributed by atoms with Gasteiger partial charge in [-0.05, 0) is 42.7 Å². The van der Waals surface area contributed by atoms with Gasteiger partial charge in [-0.15, -0.1) is 0 Å². The molecule has 26 heavy (non-hydrogen) atoms. The summed E-state index contributed by atoms with van der Waals surface area (Å²) < 4.78 is 2.25. The van der Waals surface area contributed by atoms with Gasteiger partial charge in [0.05, 0.1) is 17.1 Å². The van der Waals surface area contributed by atoms with Crippen molar-refractivity contribution in [2.24, 2.45) is 0 Å². The molecule has 0 radical (unpaired) electrons. The Balaban J connectivity index is 1.79. The molecular formula is C21H22ClN3O. The lowest BCUT2D eigenvalue weighted by molar-refractivity contribution is -0.131. The second kappa shape index (κ2) is 7.12. The van der Waals surface area contributed by atoms with Crippen LogP contribution in [0.25, 0.3) is 11.0 Å². The Labute approximate surface area is 158 Å².